The molecule has 0 radical (unpaired) electrons. The molecule has 6 nitrogen and oxygen atoms in total. The summed E-state index contributed by atoms with van der Waals surface area (Å²) < 4.78 is 36.0. The van der Waals surface area contributed by atoms with Gasteiger partial charge in [0.15, 0.2) is 0 Å². The highest BCUT2D eigenvalue weighted by molar-refractivity contribution is 7.96. The standard InChI is InChI=1S/C13H15F2NO5S/c14-13(15,22-21-20-18)10(17)19-12-4-8-1-9(5-12)3-11(2-8,6-12)7-16/h8-9,18H,1-6H2. The Morgan fingerprint density at radius 1 is 1.32 bits per heavy atom. The number of halogens is 2. The summed E-state index contributed by atoms with van der Waals surface area (Å²) in [7, 11) is 0. The number of rotatable bonds is 5. The second-order valence-corrected chi connectivity index (χ2v) is 7.48. The Balaban J connectivity index is 1.75. The molecule has 4 bridgehead atoms. The summed E-state index contributed by atoms with van der Waals surface area (Å²) in [5.74, 6) is -1.25. The molecular formula is C13H15F2NO5S. The molecule has 122 valence electrons. The van der Waals surface area contributed by atoms with E-state index in [-0.39, 0.29) is 11.8 Å². The minimum atomic E-state index is -3.99. The molecule has 0 heterocycles. The molecule has 0 saturated heterocycles. The van der Waals surface area contributed by atoms with Gasteiger partial charge in [-0.2, -0.15) is 14.0 Å². The molecule has 4 rings (SSSR count). The van der Waals surface area contributed by atoms with Crippen LogP contribution in [0, 0.1) is 28.6 Å². The third-order valence-electron chi connectivity index (χ3n) is 4.96. The maximum atomic E-state index is 13.6. The highest BCUT2D eigenvalue weighted by atomic mass is 32.2. The van der Waals surface area contributed by atoms with Crippen molar-refractivity contribution in [2.75, 3.05) is 0 Å². The summed E-state index contributed by atoms with van der Waals surface area (Å²) in [6, 6.07) is 2.32. The van der Waals surface area contributed by atoms with Crippen LogP contribution >= 0.6 is 12.0 Å². The van der Waals surface area contributed by atoms with Crippen LogP contribution in [0.25, 0.3) is 0 Å². The number of carbonyl (C=O) groups is 1. The fourth-order valence-corrected chi connectivity index (χ4v) is 5.00. The number of nitriles is 1. The predicted octanol–water partition coefficient (Wildman–Crippen LogP) is 3.05. The average Bonchev–Trinajstić information content (AvgIpc) is 2.43. The van der Waals surface area contributed by atoms with E-state index in [9.17, 15) is 18.8 Å². The van der Waals surface area contributed by atoms with E-state index in [4.69, 9.17) is 9.99 Å². The van der Waals surface area contributed by atoms with Gasteiger partial charge in [-0.15, -0.1) is 4.33 Å². The van der Waals surface area contributed by atoms with E-state index in [1.54, 1.807) is 0 Å². The van der Waals surface area contributed by atoms with E-state index in [1.165, 1.54) is 0 Å². The highest BCUT2D eigenvalue weighted by Gasteiger charge is 2.61. The van der Waals surface area contributed by atoms with Gasteiger partial charge in [-0.05, 0) is 43.9 Å². The Bertz CT molecular complexity index is 509. The van der Waals surface area contributed by atoms with Crippen molar-refractivity contribution in [2.24, 2.45) is 17.3 Å². The van der Waals surface area contributed by atoms with E-state index >= 15 is 0 Å². The quantitative estimate of drug-likeness (QED) is 0.357. The third-order valence-corrected chi connectivity index (χ3v) is 5.47. The Morgan fingerprint density at radius 3 is 2.50 bits per heavy atom. The summed E-state index contributed by atoms with van der Waals surface area (Å²) >= 11 is -0.625. The maximum Gasteiger partial charge on any atom is 0.415 e. The monoisotopic (exact) mass is 335 g/mol. The molecule has 22 heavy (non-hydrogen) atoms. The maximum absolute atomic E-state index is 13.6. The number of hydrogen-bond acceptors (Lipinski definition) is 7. The van der Waals surface area contributed by atoms with Gasteiger partial charge in [0.25, 0.3) is 0 Å². The van der Waals surface area contributed by atoms with Gasteiger partial charge in [0.1, 0.15) is 17.6 Å². The molecule has 4 saturated carbocycles. The summed E-state index contributed by atoms with van der Waals surface area (Å²) in [6.45, 7) is 0. The Hall–Kier alpha value is -0.950. The molecule has 9 heteroatoms. The van der Waals surface area contributed by atoms with Crippen molar-refractivity contribution < 1.29 is 32.9 Å². The first-order valence-electron chi connectivity index (χ1n) is 7.00. The summed E-state index contributed by atoms with van der Waals surface area (Å²) in [6.07, 6.45) is 3.84. The lowest BCUT2D eigenvalue weighted by atomic mass is 9.48. The second-order valence-electron chi connectivity index (χ2n) is 6.67. The van der Waals surface area contributed by atoms with Crippen molar-refractivity contribution in [1.29, 1.82) is 5.26 Å². The van der Waals surface area contributed by atoms with Crippen LogP contribution in [-0.2, 0) is 18.9 Å². The summed E-state index contributed by atoms with van der Waals surface area (Å²) in [4.78, 5) is 11.8. The van der Waals surface area contributed by atoms with E-state index in [1.807, 2.05) is 0 Å². The lowest BCUT2D eigenvalue weighted by Crippen LogP contribution is -2.57. The average molecular weight is 335 g/mol. The van der Waals surface area contributed by atoms with Gasteiger partial charge in [0.2, 0.25) is 0 Å². The molecule has 1 N–H and O–H groups in total. The molecule has 4 aliphatic carbocycles. The van der Waals surface area contributed by atoms with Crippen molar-refractivity contribution >= 4 is 18.0 Å². The van der Waals surface area contributed by atoms with E-state index in [0.717, 1.165) is 19.3 Å². The van der Waals surface area contributed by atoms with Crippen molar-refractivity contribution in [3.63, 3.8) is 0 Å². The largest absolute Gasteiger partial charge is 0.454 e. The van der Waals surface area contributed by atoms with Gasteiger partial charge in [-0.3, -0.25) is 0 Å². The van der Waals surface area contributed by atoms with Crippen LogP contribution < -0.4 is 0 Å². The fourth-order valence-electron chi connectivity index (χ4n) is 4.78. The van der Waals surface area contributed by atoms with Gasteiger partial charge < -0.3 is 4.74 Å². The molecule has 0 amide bonds. The van der Waals surface area contributed by atoms with Gasteiger partial charge in [0.05, 0.1) is 11.5 Å². The first-order valence-corrected chi connectivity index (χ1v) is 7.75. The SMILES string of the molecule is N#CC12CC3CC(C1)CC(OC(=O)C(F)(F)SOOO)(C3)C2. The zero-order chi connectivity index (χ0) is 16.0. The number of esters is 1. The lowest BCUT2D eigenvalue weighted by Gasteiger charge is -2.58. The van der Waals surface area contributed by atoms with Crippen LogP contribution in [0.4, 0.5) is 8.78 Å². The molecule has 2 atom stereocenters. The van der Waals surface area contributed by atoms with Gasteiger partial charge in [0, 0.05) is 6.42 Å². The molecule has 4 fully saturated rings. The zero-order valence-electron chi connectivity index (χ0n) is 11.6. The predicted molar refractivity (Wildman–Crippen MR) is 68.9 cm³/mol. The summed E-state index contributed by atoms with van der Waals surface area (Å²) in [5.41, 5.74) is -1.54. The molecule has 0 aromatic heterocycles. The van der Waals surface area contributed by atoms with Crippen LogP contribution in [0.5, 0.6) is 0 Å². The second kappa shape index (κ2) is 5.30. The smallest absolute Gasteiger partial charge is 0.415 e. The Labute approximate surface area is 129 Å². The van der Waals surface area contributed by atoms with Crippen LogP contribution in [0.15, 0.2) is 0 Å². The van der Waals surface area contributed by atoms with E-state index in [0.29, 0.717) is 19.3 Å². The Kier molecular flexibility index (Phi) is 3.84. The zero-order valence-corrected chi connectivity index (χ0v) is 12.4. The van der Waals surface area contributed by atoms with Crippen molar-refractivity contribution in [1.82, 2.24) is 0 Å². The minimum absolute atomic E-state index is 0.243. The first-order chi connectivity index (χ1) is 10.3. The van der Waals surface area contributed by atoms with Crippen molar-refractivity contribution in [2.45, 2.75) is 49.4 Å². The number of alkyl halides is 2. The number of hydrogen-bond donors (Lipinski definition) is 1. The molecule has 2 unspecified atom stereocenters. The fraction of sp³-hybridized carbons (Fsp3) is 0.846. The van der Waals surface area contributed by atoms with Crippen LogP contribution in [0.3, 0.4) is 0 Å². The third kappa shape index (κ3) is 2.69. The molecule has 0 aliphatic heterocycles. The van der Waals surface area contributed by atoms with Crippen LogP contribution in [-0.4, -0.2) is 22.1 Å². The Morgan fingerprint density at radius 2 is 1.95 bits per heavy atom. The topological polar surface area (TPSA) is 88.8 Å². The first kappa shape index (κ1) is 15.9. The van der Waals surface area contributed by atoms with E-state index < -0.39 is 34.3 Å². The molecule has 0 spiro atoms. The van der Waals surface area contributed by atoms with Crippen molar-refractivity contribution in [3.8, 4) is 6.07 Å². The van der Waals surface area contributed by atoms with E-state index in [2.05, 4.69) is 15.4 Å². The van der Waals surface area contributed by atoms with Gasteiger partial charge in [-0.1, -0.05) is 5.04 Å². The van der Waals surface area contributed by atoms with Crippen molar-refractivity contribution in [3.05, 3.63) is 0 Å². The number of carbonyl (C=O) groups excluding carboxylic acids is 1. The lowest BCUT2D eigenvalue weighted by molar-refractivity contribution is -0.433. The summed E-state index contributed by atoms with van der Waals surface area (Å²) in [5, 5.41) is 16.5. The molecule has 0 aromatic carbocycles. The molecular weight excluding hydrogens is 320 g/mol. The van der Waals surface area contributed by atoms with Crippen LogP contribution in [0.2, 0.25) is 0 Å². The number of nitrogens with zero attached hydrogens (tertiary/aromatic N) is 1. The minimum Gasteiger partial charge on any atom is -0.454 e. The highest BCUT2D eigenvalue weighted by Crippen LogP contribution is 2.62. The molecule has 0 aromatic rings. The molecule has 4 aliphatic rings. The number of ether oxygens (including phenoxy) is 1. The van der Waals surface area contributed by atoms with Gasteiger partial charge >= 0.3 is 11.2 Å². The normalized spacial score (nSPS) is 39.5. The van der Waals surface area contributed by atoms with Gasteiger partial charge in [-0.25, -0.2) is 10.1 Å². The van der Waals surface area contributed by atoms with Crippen LogP contribution in [0.1, 0.15) is 38.5 Å².